The van der Waals surface area contributed by atoms with Crippen LogP contribution < -0.4 is 11.3 Å². The summed E-state index contributed by atoms with van der Waals surface area (Å²) in [6, 6.07) is 15.0. The summed E-state index contributed by atoms with van der Waals surface area (Å²) in [5.74, 6) is 5.73. The van der Waals surface area contributed by atoms with Crippen molar-refractivity contribution in [2.24, 2.45) is 5.84 Å². The lowest BCUT2D eigenvalue weighted by molar-refractivity contribution is 0.637. The van der Waals surface area contributed by atoms with Crippen molar-refractivity contribution in [2.75, 3.05) is 0 Å². The molecule has 0 bridgehead atoms. The third kappa shape index (κ3) is 2.87. The Bertz CT molecular complexity index is 789. The van der Waals surface area contributed by atoms with Crippen LogP contribution in [0.5, 0.6) is 0 Å². The van der Waals surface area contributed by atoms with Crippen LogP contribution in [-0.4, -0.2) is 4.98 Å². The Morgan fingerprint density at radius 2 is 1.90 bits per heavy atom. The third-order valence-electron chi connectivity index (χ3n) is 3.40. The Hall–Kier alpha value is -1.65. The molecule has 5 heteroatoms. The third-order valence-corrected chi connectivity index (χ3v) is 3.98. The number of benzene rings is 2. The lowest BCUT2D eigenvalue weighted by Crippen LogP contribution is -2.29. The highest BCUT2D eigenvalue weighted by atomic mass is 35.5. The van der Waals surface area contributed by atoms with E-state index in [0.29, 0.717) is 10.0 Å². The van der Waals surface area contributed by atoms with E-state index in [2.05, 4.69) is 10.4 Å². The van der Waals surface area contributed by atoms with Crippen molar-refractivity contribution in [1.29, 1.82) is 0 Å². The molecule has 106 valence electrons. The molecule has 3 aromatic rings. The fourth-order valence-corrected chi connectivity index (χ4v) is 2.77. The van der Waals surface area contributed by atoms with Crippen LogP contribution in [0.1, 0.15) is 17.2 Å². The summed E-state index contributed by atoms with van der Waals surface area (Å²) in [5, 5.41) is 2.31. The fraction of sp³-hybridized carbons (Fsp3) is 0.0625. The summed E-state index contributed by atoms with van der Waals surface area (Å²) in [6.07, 6.45) is 1.77. The Morgan fingerprint density at radius 3 is 2.71 bits per heavy atom. The largest absolute Gasteiger partial charge is 0.271 e. The molecule has 3 nitrogen and oxygen atoms in total. The number of fused-ring (bicyclic) bond motifs is 1. The second kappa shape index (κ2) is 6.00. The second-order valence-corrected chi connectivity index (χ2v) is 5.56. The Morgan fingerprint density at radius 1 is 1.05 bits per heavy atom. The van der Waals surface area contributed by atoms with Crippen LogP contribution in [0.3, 0.4) is 0 Å². The Labute approximate surface area is 132 Å². The van der Waals surface area contributed by atoms with Crippen molar-refractivity contribution in [3.63, 3.8) is 0 Å². The number of pyridine rings is 1. The van der Waals surface area contributed by atoms with E-state index in [-0.39, 0.29) is 6.04 Å². The quantitative estimate of drug-likeness (QED) is 0.565. The highest BCUT2D eigenvalue weighted by Gasteiger charge is 2.16. The fourth-order valence-electron chi connectivity index (χ4n) is 2.36. The van der Waals surface area contributed by atoms with Gasteiger partial charge in [0.25, 0.3) is 0 Å². The molecule has 0 aliphatic heterocycles. The average molecular weight is 318 g/mol. The average Bonchev–Trinajstić information content (AvgIpc) is 2.51. The number of hydrogen-bond acceptors (Lipinski definition) is 3. The molecular formula is C16H13Cl2N3. The first kappa shape index (κ1) is 14.3. The van der Waals surface area contributed by atoms with Gasteiger partial charge in [-0.3, -0.25) is 10.8 Å². The van der Waals surface area contributed by atoms with Crippen molar-refractivity contribution >= 4 is 34.1 Å². The predicted molar refractivity (Wildman–Crippen MR) is 87.4 cm³/mol. The number of aromatic nitrogens is 1. The molecule has 0 fully saturated rings. The first-order valence-electron chi connectivity index (χ1n) is 6.45. The molecule has 1 unspecified atom stereocenters. The van der Waals surface area contributed by atoms with Crippen LogP contribution in [-0.2, 0) is 0 Å². The van der Waals surface area contributed by atoms with Gasteiger partial charge >= 0.3 is 0 Å². The number of nitrogens with zero attached hydrogens (tertiary/aromatic N) is 1. The standard InChI is InChI=1S/C16H13Cl2N3/c17-12-5-6-14(18)13(9-12)16(21-19)11-4-3-10-2-1-7-20-15(10)8-11/h1-9,16,21H,19H2. The minimum absolute atomic E-state index is 0.248. The summed E-state index contributed by atoms with van der Waals surface area (Å²) in [7, 11) is 0. The summed E-state index contributed by atoms with van der Waals surface area (Å²) >= 11 is 12.3. The highest BCUT2D eigenvalue weighted by molar-refractivity contribution is 6.33. The van der Waals surface area contributed by atoms with Crippen LogP contribution in [0.15, 0.2) is 54.7 Å². The van der Waals surface area contributed by atoms with Crippen molar-refractivity contribution in [3.05, 3.63) is 75.9 Å². The predicted octanol–water partition coefficient (Wildman–Crippen LogP) is 4.09. The molecule has 0 aliphatic carbocycles. The summed E-state index contributed by atoms with van der Waals surface area (Å²) in [4.78, 5) is 4.36. The topological polar surface area (TPSA) is 50.9 Å². The molecule has 1 atom stereocenters. The lowest BCUT2D eigenvalue weighted by atomic mass is 9.98. The minimum Gasteiger partial charge on any atom is -0.271 e. The molecule has 0 radical (unpaired) electrons. The molecule has 3 N–H and O–H groups in total. The molecule has 0 saturated heterocycles. The van der Waals surface area contributed by atoms with Gasteiger partial charge in [-0.1, -0.05) is 41.4 Å². The van der Waals surface area contributed by atoms with Gasteiger partial charge < -0.3 is 0 Å². The summed E-state index contributed by atoms with van der Waals surface area (Å²) < 4.78 is 0. The first-order chi connectivity index (χ1) is 10.2. The van der Waals surface area contributed by atoms with Crippen LogP contribution in [0.25, 0.3) is 10.9 Å². The number of nitrogens with one attached hydrogen (secondary N) is 1. The van der Waals surface area contributed by atoms with Crippen molar-refractivity contribution in [3.8, 4) is 0 Å². The Balaban J connectivity index is 2.11. The van der Waals surface area contributed by atoms with Crippen LogP contribution >= 0.6 is 23.2 Å². The van der Waals surface area contributed by atoms with Gasteiger partial charge in [0.2, 0.25) is 0 Å². The zero-order chi connectivity index (χ0) is 14.8. The van der Waals surface area contributed by atoms with E-state index in [9.17, 15) is 0 Å². The maximum atomic E-state index is 6.27. The molecule has 3 rings (SSSR count). The van der Waals surface area contributed by atoms with Crippen molar-refractivity contribution in [1.82, 2.24) is 10.4 Å². The zero-order valence-electron chi connectivity index (χ0n) is 11.1. The van der Waals surface area contributed by atoms with Crippen LogP contribution in [0.2, 0.25) is 10.0 Å². The number of hydrogen-bond donors (Lipinski definition) is 2. The second-order valence-electron chi connectivity index (χ2n) is 4.72. The molecule has 0 amide bonds. The van der Waals surface area contributed by atoms with E-state index >= 15 is 0 Å². The van der Waals surface area contributed by atoms with Crippen molar-refractivity contribution in [2.45, 2.75) is 6.04 Å². The van der Waals surface area contributed by atoms with Crippen LogP contribution in [0, 0.1) is 0 Å². The van der Waals surface area contributed by atoms with Gasteiger partial charge in [0.1, 0.15) is 0 Å². The highest BCUT2D eigenvalue weighted by Crippen LogP contribution is 2.31. The summed E-state index contributed by atoms with van der Waals surface area (Å²) in [5.41, 5.74) is 5.52. The maximum Gasteiger partial charge on any atom is 0.0725 e. The molecule has 1 heterocycles. The molecule has 21 heavy (non-hydrogen) atoms. The number of halogens is 2. The van der Waals surface area contributed by atoms with Crippen molar-refractivity contribution < 1.29 is 0 Å². The number of nitrogens with two attached hydrogens (primary N) is 1. The van der Waals surface area contributed by atoms with Gasteiger partial charge in [0.15, 0.2) is 0 Å². The molecule has 0 saturated carbocycles. The van der Waals surface area contributed by atoms with Gasteiger partial charge in [0, 0.05) is 21.6 Å². The molecule has 2 aromatic carbocycles. The monoisotopic (exact) mass is 317 g/mol. The van der Waals surface area contributed by atoms with Gasteiger partial charge in [0.05, 0.1) is 11.6 Å². The molecule has 0 aliphatic rings. The maximum absolute atomic E-state index is 6.27. The number of hydrazine groups is 1. The van der Waals surface area contributed by atoms with E-state index in [0.717, 1.165) is 22.0 Å². The number of rotatable bonds is 3. The molecule has 1 aromatic heterocycles. The summed E-state index contributed by atoms with van der Waals surface area (Å²) in [6.45, 7) is 0. The van der Waals surface area contributed by atoms with E-state index < -0.39 is 0 Å². The van der Waals surface area contributed by atoms with Gasteiger partial charge in [-0.2, -0.15) is 0 Å². The zero-order valence-corrected chi connectivity index (χ0v) is 12.6. The van der Waals surface area contributed by atoms with E-state index in [1.165, 1.54) is 0 Å². The normalized spacial score (nSPS) is 12.5. The van der Waals surface area contributed by atoms with Gasteiger partial charge in [-0.15, -0.1) is 0 Å². The SMILES string of the molecule is NNC(c1ccc2cccnc2c1)c1cc(Cl)ccc1Cl. The van der Waals surface area contributed by atoms with Gasteiger partial charge in [-0.25, -0.2) is 5.43 Å². The minimum atomic E-state index is -0.248. The van der Waals surface area contributed by atoms with Crippen LogP contribution in [0.4, 0.5) is 0 Å². The van der Waals surface area contributed by atoms with E-state index in [4.69, 9.17) is 29.0 Å². The molecule has 0 spiro atoms. The molecular weight excluding hydrogens is 305 g/mol. The lowest BCUT2D eigenvalue weighted by Gasteiger charge is -2.19. The first-order valence-corrected chi connectivity index (χ1v) is 7.20. The van der Waals surface area contributed by atoms with Gasteiger partial charge in [-0.05, 0) is 41.5 Å². The Kier molecular flexibility index (Phi) is 4.08. The van der Waals surface area contributed by atoms with E-state index in [1.54, 1.807) is 18.3 Å². The smallest absolute Gasteiger partial charge is 0.0725 e. The van der Waals surface area contributed by atoms with E-state index in [1.807, 2.05) is 36.4 Å².